The van der Waals surface area contributed by atoms with Gasteiger partial charge in [-0.3, -0.25) is 9.69 Å². The maximum atomic E-state index is 12.9. The van der Waals surface area contributed by atoms with Crippen LogP contribution in [0.15, 0.2) is 54.9 Å². The average Bonchev–Trinajstić information content (AvgIpc) is 3.16. The molecule has 0 aliphatic carbocycles. The third kappa shape index (κ3) is 5.21. The molecule has 1 aromatic carbocycles. The summed E-state index contributed by atoms with van der Waals surface area (Å²) in [5.74, 6) is 0.650. The number of nitrogens with one attached hydrogen (secondary N) is 1. The summed E-state index contributed by atoms with van der Waals surface area (Å²) in [6.07, 6.45) is 6.91. The molecule has 4 heteroatoms. The summed E-state index contributed by atoms with van der Waals surface area (Å²) in [7, 11) is 0. The summed E-state index contributed by atoms with van der Waals surface area (Å²) in [5.41, 5.74) is 1.36. The van der Waals surface area contributed by atoms with Crippen LogP contribution in [0.5, 0.6) is 0 Å². The van der Waals surface area contributed by atoms with Gasteiger partial charge >= 0.3 is 0 Å². The van der Waals surface area contributed by atoms with Crippen molar-refractivity contribution in [2.75, 3.05) is 13.1 Å². The molecule has 0 bridgehead atoms. The van der Waals surface area contributed by atoms with Crippen LogP contribution in [0.4, 0.5) is 0 Å². The summed E-state index contributed by atoms with van der Waals surface area (Å²) in [6.45, 7) is 7.43. The van der Waals surface area contributed by atoms with Crippen LogP contribution in [0.3, 0.4) is 0 Å². The van der Waals surface area contributed by atoms with Gasteiger partial charge in [-0.05, 0) is 42.9 Å². The van der Waals surface area contributed by atoms with Crippen molar-refractivity contribution in [2.24, 2.45) is 5.92 Å². The molecular weight excluding hydrogens is 322 g/mol. The highest BCUT2D eigenvalue weighted by Crippen LogP contribution is 2.20. The van der Waals surface area contributed by atoms with Crippen LogP contribution in [-0.2, 0) is 11.3 Å². The molecule has 26 heavy (non-hydrogen) atoms. The maximum Gasteiger partial charge on any atom is 0.243 e. The minimum Gasteiger partial charge on any atom is -0.351 e. The van der Waals surface area contributed by atoms with E-state index in [1.807, 2.05) is 29.1 Å². The average molecular weight is 354 g/mol. The van der Waals surface area contributed by atoms with Gasteiger partial charge in [0.2, 0.25) is 5.91 Å². The molecule has 0 radical (unpaired) electrons. The summed E-state index contributed by atoms with van der Waals surface area (Å²) in [4.78, 5) is 15.4. The van der Waals surface area contributed by atoms with E-state index < -0.39 is 0 Å². The van der Waals surface area contributed by atoms with Crippen molar-refractivity contribution in [2.45, 2.75) is 51.7 Å². The highest BCUT2D eigenvalue weighted by molar-refractivity contribution is 5.80. The fraction of sp³-hybridized carbons (Fsp3) is 0.500. The summed E-state index contributed by atoms with van der Waals surface area (Å²) in [5, 5.41) is 3.31. The lowest BCUT2D eigenvalue weighted by Gasteiger charge is -2.33. The van der Waals surface area contributed by atoms with E-state index >= 15 is 0 Å². The van der Waals surface area contributed by atoms with Crippen LogP contribution in [0.2, 0.25) is 0 Å². The lowest BCUT2D eigenvalue weighted by molar-refractivity contribution is -0.125. The number of hydrogen-bond acceptors (Lipinski definition) is 2. The molecule has 1 aliphatic heterocycles. The van der Waals surface area contributed by atoms with Gasteiger partial charge in [0.1, 0.15) is 6.04 Å². The zero-order chi connectivity index (χ0) is 18.4. The number of piperidine rings is 1. The largest absolute Gasteiger partial charge is 0.351 e. The van der Waals surface area contributed by atoms with Crippen LogP contribution in [0.25, 0.3) is 0 Å². The molecule has 2 aromatic rings. The number of carbonyl (C=O) groups is 1. The molecule has 1 saturated heterocycles. The van der Waals surface area contributed by atoms with E-state index in [9.17, 15) is 4.79 Å². The second-order valence-electron chi connectivity index (χ2n) is 7.82. The standard InChI is InChI=1S/C22H31N3O/c1-18(2)16-21(25-12-6-7-13-25)22(26)23-20-10-14-24(15-11-20)17-19-8-4-3-5-9-19/h3-9,12-13,18,20-21H,10-11,14-17H2,1-2H3,(H,23,26)/t21-/m0/s1. The molecule has 4 nitrogen and oxygen atoms in total. The molecule has 140 valence electrons. The molecular formula is C22H31N3O. The van der Waals surface area contributed by atoms with Gasteiger partial charge in [0.05, 0.1) is 0 Å². The molecule has 1 N–H and O–H groups in total. The first kappa shape index (κ1) is 18.7. The molecule has 1 aromatic heterocycles. The number of amides is 1. The van der Waals surface area contributed by atoms with Crippen molar-refractivity contribution < 1.29 is 4.79 Å². The van der Waals surface area contributed by atoms with Crippen molar-refractivity contribution in [3.05, 3.63) is 60.4 Å². The Bertz CT molecular complexity index is 658. The number of benzene rings is 1. The Morgan fingerprint density at radius 2 is 1.73 bits per heavy atom. The maximum absolute atomic E-state index is 12.9. The second kappa shape index (κ2) is 9.04. The highest BCUT2D eigenvalue weighted by Gasteiger charge is 2.26. The fourth-order valence-corrected chi connectivity index (χ4v) is 3.74. The Morgan fingerprint density at radius 1 is 1.08 bits per heavy atom. The van der Waals surface area contributed by atoms with Gasteiger partial charge in [-0.25, -0.2) is 0 Å². The second-order valence-corrected chi connectivity index (χ2v) is 7.82. The van der Waals surface area contributed by atoms with E-state index in [0.29, 0.717) is 12.0 Å². The first-order valence-electron chi connectivity index (χ1n) is 9.81. The van der Waals surface area contributed by atoms with E-state index in [0.717, 1.165) is 38.9 Å². The van der Waals surface area contributed by atoms with Crippen LogP contribution in [0, 0.1) is 5.92 Å². The topological polar surface area (TPSA) is 37.3 Å². The predicted octanol–water partition coefficient (Wildman–Crippen LogP) is 3.86. The molecule has 0 saturated carbocycles. The lowest BCUT2D eigenvalue weighted by Crippen LogP contribution is -2.46. The summed E-state index contributed by atoms with van der Waals surface area (Å²) < 4.78 is 2.04. The Kier molecular flexibility index (Phi) is 6.51. The molecule has 3 rings (SSSR count). The van der Waals surface area contributed by atoms with Gasteiger partial charge in [-0.15, -0.1) is 0 Å². The Balaban J connectivity index is 1.50. The molecule has 1 aliphatic rings. The first-order valence-corrected chi connectivity index (χ1v) is 9.81. The van der Waals surface area contributed by atoms with Gasteiger partial charge in [0, 0.05) is 38.1 Å². The van der Waals surface area contributed by atoms with Crippen LogP contribution < -0.4 is 5.32 Å². The quantitative estimate of drug-likeness (QED) is 0.821. The Morgan fingerprint density at radius 3 is 2.35 bits per heavy atom. The fourth-order valence-electron chi connectivity index (χ4n) is 3.74. The SMILES string of the molecule is CC(C)C[C@@H](C(=O)NC1CCN(Cc2ccccc2)CC1)n1cccc1. The molecule has 1 atom stereocenters. The Hall–Kier alpha value is -2.07. The smallest absolute Gasteiger partial charge is 0.243 e. The highest BCUT2D eigenvalue weighted by atomic mass is 16.2. The van der Waals surface area contributed by atoms with E-state index in [-0.39, 0.29) is 11.9 Å². The van der Waals surface area contributed by atoms with Gasteiger partial charge in [0.25, 0.3) is 0 Å². The number of rotatable bonds is 7. The number of aromatic nitrogens is 1. The number of likely N-dealkylation sites (tertiary alicyclic amines) is 1. The van der Waals surface area contributed by atoms with Crippen LogP contribution in [0.1, 0.15) is 44.7 Å². The molecule has 0 unspecified atom stereocenters. The molecule has 1 amide bonds. The minimum absolute atomic E-state index is 0.104. The van der Waals surface area contributed by atoms with Crippen molar-refractivity contribution in [3.63, 3.8) is 0 Å². The van der Waals surface area contributed by atoms with Gasteiger partial charge in [0.15, 0.2) is 0 Å². The third-order valence-corrected chi connectivity index (χ3v) is 5.17. The van der Waals surface area contributed by atoms with Crippen molar-refractivity contribution in [1.29, 1.82) is 0 Å². The van der Waals surface area contributed by atoms with Crippen molar-refractivity contribution in [1.82, 2.24) is 14.8 Å². The van der Waals surface area contributed by atoms with E-state index in [4.69, 9.17) is 0 Å². The van der Waals surface area contributed by atoms with Gasteiger partial charge < -0.3 is 9.88 Å². The van der Waals surface area contributed by atoms with Gasteiger partial charge in [-0.2, -0.15) is 0 Å². The van der Waals surface area contributed by atoms with E-state index in [2.05, 4.69) is 54.4 Å². The zero-order valence-electron chi connectivity index (χ0n) is 16.0. The number of carbonyl (C=O) groups excluding carboxylic acids is 1. The zero-order valence-corrected chi connectivity index (χ0v) is 16.0. The van der Waals surface area contributed by atoms with E-state index in [1.165, 1.54) is 5.56 Å². The summed E-state index contributed by atoms with van der Waals surface area (Å²) >= 11 is 0. The van der Waals surface area contributed by atoms with Crippen molar-refractivity contribution >= 4 is 5.91 Å². The normalized spacial score (nSPS) is 17.3. The molecule has 1 fully saturated rings. The molecule has 2 heterocycles. The number of hydrogen-bond donors (Lipinski definition) is 1. The Labute approximate surface area is 157 Å². The minimum atomic E-state index is -0.104. The lowest BCUT2D eigenvalue weighted by atomic mass is 10.0. The predicted molar refractivity (Wildman–Crippen MR) is 106 cm³/mol. The first-order chi connectivity index (χ1) is 12.6. The third-order valence-electron chi connectivity index (χ3n) is 5.17. The monoisotopic (exact) mass is 353 g/mol. The van der Waals surface area contributed by atoms with Crippen LogP contribution in [-0.4, -0.2) is 34.5 Å². The summed E-state index contributed by atoms with van der Waals surface area (Å²) in [6, 6.07) is 14.8. The van der Waals surface area contributed by atoms with Gasteiger partial charge in [-0.1, -0.05) is 44.2 Å². The van der Waals surface area contributed by atoms with Crippen molar-refractivity contribution in [3.8, 4) is 0 Å². The molecule has 0 spiro atoms. The van der Waals surface area contributed by atoms with E-state index in [1.54, 1.807) is 0 Å². The van der Waals surface area contributed by atoms with Crippen LogP contribution >= 0.6 is 0 Å². The number of nitrogens with zero attached hydrogens (tertiary/aromatic N) is 2.